The summed E-state index contributed by atoms with van der Waals surface area (Å²) in [6.45, 7) is 2.44. The number of aromatic amines is 1. The van der Waals surface area contributed by atoms with E-state index in [0.717, 1.165) is 15.7 Å². The zero-order valence-electron chi connectivity index (χ0n) is 11.1. The molecule has 108 valence electrons. The molecular formula is C12H15BrN4O2S. The molecule has 0 fully saturated rings. The highest BCUT2D eigenvalue weighted by atomic mass is 79.9. The van der Waals surface area contributed by atoms with E-state index in [1.54, 1.807) is 25.4 Å². The first-order chi connectivity index (χ1) is 9.42. The van der Waals surface area contributed by atoms with E-state index in [1.165, 1.54) is 6.20 Å². The van der Waals surface area contributed by atoms with Gasteiger partial charge in [0.25, 0.3) is 10.0 Å². The van der Waals surface area contributed by atoms with Crippen LogP contribution >= 0.6 is 15.9 Å². The Kier molecular flexibility index (Phi) is 4.46. The maximum absolute atomic E-state index is 12.2. The van der Waals surface area contributed by atoms with Crippen LogP contribution < -0.4 is 10.0 Å². The minimum atomic E-state index is -3.63. The molecule has 2 aromatic heterocycles. The summed E-state index contributed by atoms with van der Waals surface area (Å²) < 4.78 is 27.7. The molecule has 3 N–H and O–H groups in total. The Hall–Kier alpha value is -1.38. The van der Waals surface area contributed by atoms with Gasteiger partial charge in [0, 0.05) is 29.1 Å². The number of pyridine rings is 1. The largest absolute Gasteiger partial charge is 0.363 e. The van der Waals surface area contributed by atoms with Crippen molar-refractivity contribution in [3.05, 3.63) is 40.3 Å². The Morgan fingerprint density at radius 1 is 1.40 bits per heavy atom. The van der Waals surface area contributed by atoms with Gasteiger partial charge in [-0.25, -0.2) is 13.4 Å². The summed E-state index contributed by atoms with van der Waals surface area (Å²) in [5.74, 6) is 0.294. The minimum absolute atomic E-state index is 0.185. The van der Waals surface area contributed by atoms with Crippen molar-refractivity contribution in [1.29, 1.82) is 0 Å². The van der Waals surface area contributed by atoms with Gasteiger partial charge >= 0.3 is 0 Å². The van der Waals surface area contributed by atoms with Crippen molar-refractivity contribution in [2.75, 3.05) is 11.8 Å². The van der Waals surface area contributed by atoms with Crippen molar-refractivity contribution >= 4 is 31.8 Å². The van der Waals surface area contributed by atoms with Crippen LogP contribution in [0.4, 0.5) is 5.82 Å². The third-order valence-corrected chi connectivity index (χ3v) is 4.84. The molecule has 2 heterocycles. The second-order valence-electron chi connectivity index (χ2n) is 4.32. The lowest BCUT2D eigenvalue weighted by molar-refractivity contribution is 0.601. The Labute approximate surface area is 126 Å². The lowest BCUT2D eigenvalue weighted by atomic mass is 10.3. The van der Waals surface area contributed by atoms with Gasteiger partial charge in [-0.3, -0.25) is 4.72 Å². The van der Waals surface area contributed by atoms with Gasteiger partial charge < -0.3 is 10.3 Å². The number of H-pyrrole nitrogens is 1. The van der Waals surface area contributed by atoms with Gasteiger partial charge in [0.2, 0.25) is 0 Å². The molecule has 0 saturated heterocycles. The third kappa shape index (κ3) is 3.38. The molecule has 0 amide bonds. The van der Waals surface area contributed by atoms with E-state index < -0.39 is 10.0 Å². The van der Waals surface area contributed by atoms with Gasteiger partial charge in [-0.15, -0.1) is 0 Å². The fourth-order valence-corrected chi connectivity index (χ4v) is 2.89. The van der Waals surface area contributed by atoms with Crippen LogP contribution in [0.5, 0.6) is 0 Å². The second kappa shape index (κ2) is 5.94. The number of aryl methyl sites for hydroxylation is 1. The molecule has 6 nitrogen and oxygen atoms in total. The molecule has 0 bridgehead atoms. The van der Waals surface area contributed by atoms with Gasteiger partial charge in [0.05, 0.1) is 0 Å². The molecule has 8 heteroatoms. The highest BCUT2D eigenvalue weighted by Gasteiger charge is 2.17. The number of rotatable bonds is 5. The van der Waals surface area contributed by atoms with E-state index in [4.69, 9.17) is 0 Å². The lowest BCUT2D eigenvalue weighted by Gasteiger charge is -2.06. The highest BCUT2D eigenvalue weighted by molar-refractivity contribution is 9.10. The van der Waals surface area contributed by atoms with Crippen molar-refractivity contribution < 1.29 is 8.42 Å². The summed E-state index contributed by atoms with van der Waals surface area (Å²) >= 11 is 3.32. The summed E-state index contributed by atoms with van der Waals surface area (Å²) in [6, 6.07) is 3.26. The summed E-state index contributed by atoms with van der Waals surface area (Å²) in [6.07, 6.45) is 3.03. The minimum Gasteiger partial charge on any atom is -0.363 e. The Balaban J connectivity index is 2.23. The number of sulfonamides is 1. The molecule has 0 aliphatic rings. The normalized spacial score (nSPS) is 11.6. The van der Waals surface area contributed by atoms with Gasteiger partial charge in [-0.2, -0.15) is 0 Å². The maximum atomic E-state index is 12.2. The maximum Gasteiger partial charge on any atom is 0.264 e. The van der Waals surface area contributed by atoms with Crippen LogP contribution in [0.1, 0.15) is 11.3 Å². The molecule has 0 atom stereocenters. The predicted octanol–water partition coefficient (Wildman–Crippen LogP) is 2.00. The van der Waals surface area contributed by atoms with Crippen LogP contribution in [0.15, 0.2) is 33.9 Å². The summed E-state index contributed by atoms with van der Waals surface area (Å²) in [4.78, 5) is 7.13. The van der Waals surface area contributed by atoms with E-state index in [-0.39, 0.29) is 4.90 Å². The average Bonchev–Trinajstić information content (AvgIpc) is 2.83. The number of halogens is 1. The van der Waals surface area contributed by atoms with Crippen molar-refractivity contribution in [3.8, 4) is 0 Å². The zero-order valence-corrected chi connectivity index (χ0v) is 13.5. The summed E-state index contributed by atoms with van der Waals surface area (Å²) in [5.41, 5.74) is 1.70. The van der Waals surface area contributed by atoms with Crippen molar-refractivity contribution in [3.63, 3.8) is 0 Å². The van der Waals surface area contributed by atoms with E-state index in [1.807, 2.05) is 6.92 Å². The first-order valence-corrected chi connectivity index (χ1v) is 8.17. The van der Waals surface area contributed by atoms with Gasteiger partial charge in [0.1, 0.15) is 10.7 Å². The molecule has 2 rings (SSSR count). The van der Waals surface area contributed by atoms with Crippen LogP contribution in [-0.4, -0.2) is 25.4 Å². The van der Waals surface area contributed by atoms with Crippen LogP contribution in [0, 0.1) is 6.92 Å². The monoisotopic (exact) mass is 358 g/mol. The molecule has 0 radical (unpaired) electrons. The van der Waals surface area contributed by atoms with Crippen molar-refractivity contribution in [2.45, 2.75) is 18.4 Å². The molecule has 0 unspecified atom stereocenters. The number of hydrogen-bond acceptors (Lipinski definition) is 4. The molecule has 0 saturated carbocycles. The average molecular weight is 359 g/mol. The van der Waals surface area contributed by atoms with E-state index in [2.05, 4.69) is 35.9 Å². The van der Waals surface area contributed by atoms with E-state index >= 15 is 0 Å². The smallest absolute Gasteiger partial charge is 0.264 e. The van der Waals surface area contributed by atoms with Gasteiger partial charge in [0.15, 0.2) is 0 Å². The number of hydrogen-bond donors (Lipinski definition) is 3. The van der Waals surface area contributed by atoms with Crippen molar-refractivity contribution in [1.82, 2.24) is 15.3 Å². The second-order valence-corrected chi connectivity index (χ2v) is 6.85. The molecular weight excluding hydrogens is 344 g/mol. The van der Waals surface area contributed by atoms with Crippen LogP contribution in [0.2, 0.25) is 0 Å². The van der Waals surface area contributed by atoms with Crippen LogP contribution in [0.25, 0.3) is 0 Å². The first-order valence-electron chi connectivity index (χ1n) is 5.89. The van der Waals surface area contributed by atoms with Crippen LogP contribution in [-0.2, 0) is 16.6 Å². The predicted molar refractivity (Wildman–Crippen MR) is 81.0 cm³/mol. The SMILES string of the molecule is CNCc1cc(S(=O)(=O)Nc2cc(C)c(Br)cn2)c[nH]1. The fourth-order valence-electron chi connectivity index (χ4n) is 1.66. The Bertz CT molecular complexity index is 712. The molecule has 20 heavy (non-hydrogen) atoms. The number of aromatic nitrogens is 2. The topological polar surface area (TPSA) is 86.9 Å². The molecule has 0 aromatic carbocycles. The molecule has 0 aliphatic heterocycles. The number of nitrogens with one attached hydrogen (secondary N) is 3. The fraction of sp³-hybridized carbons (Fsp3) is 0.250. The van der Waals surface area contributed by atoms with Gasteiger partial charge in [-0.05, 0) is 47.6 Å². The zero-order chi connectivity index (χ0) is 14.8. The summed E-state index contributed by atoms with van der Waals surface area (Å²) in [5, 5.41) is 2.95. The molecule has 2 aromatic rings. The first kappa shape index (κ1) is 15.0. The quantitative estimate of drug-likeness (QED) is 0.762. The van der Waals surface area contributed by atoms with E-state index in [9.17, 15) is 8.42 Å². The Morgan fingerprint density at radius 2 is 2.15 bits per heavy atom. The lowest BCUT2D eigenvalue weighted by Crippen LogP contribution is -2.13. The Morgan fingerprint density at radius 3 is 2.80 bits per heavy atom. The van der Waals surface area contributed by atoms with Gasteiger partial charge in [-0.1, -0.05) is 0 Å². The summed E-state index contributed by atoms with van der Waals surface area (Å²) in [7, 11) is -1.83. The number of nitrogens with zero attached hydrogens (tertiary/aromatic N) is 1. The van der Waals surface area contributed by atoms with E-state index in [0.29, 0.717) is 12.4 Å². The van der Waals surface area contributed by atoms with Crippen LogP contribution in [0.3, 0.4) is 0 Å². The number of anilines is 1. The highest BCUT2D eigenvalue weighted by Crippen LogP contribution is 2.20. The van der Waals surface area contributed by atoms with Crippen molar-refractivity contribution in [2.24, 2.45) is 0 Å². The third-order valence-electron chi connectivity index (χ3n) is 2.68. The standard InChI is InChI=1S/C12H15BrN4O2S/c1-8-3-12(16-7-11(8)13)17-20(18,19)10-4-9(5-14-2)15-6-10/h3-4,6-7,14-15H,5H2,1-2H3,(H,16,17). The molecule has 0 spiro atoms. The molecule has 0 aliphatic carbocycles.